The normalized spacial score (nSPS) is 13.6. The van der Waals surface area contributed by atoms with Gasteiger partial charge in [-0.05, 0) is 28.1 Å². The number of nitrogens with one attached hydrogen (secondary N) is 1. The minimum Gasteiger partial charge on any atom is -0.309 e. The van der Waals surface area contributed by atoms with Crippen molar-refractivity contribution in [2.45, 2.75) is 12.3 Å². The highest BCUT2D eigenvalue weighted by Crippen LogP contribution is 2.10. The summed E-state index contributed by atoms with van der Waals surface area (Å²) in [5.74, 6) is 3.77. The zero-order valence-electron chi connectivity index (χ0n) is 9.17. The molecule has 0 aromatic rings. The van der Waals surface area contributed by atoms with Gasteiger partial charge in [-0.15, -0.1) is 11.8 Å². The molecule has 0 saturated heterocycles. The lowest BCUT2D eigenvalue weighted by Gasteiger charge is -2.10. The standard InChI is InChI=1S/C9H22N2S2/c1-9(10-2)13-8-7-12-6-5-11(3)4/h9-10H,5-8H2,1-4H3. The van der Waals surface area contributed by atoms with Crippen molar-refractivity contribution >= 4 is 23.5 Å². The quantitative estimate of drug-likeness (QED) is 0.495. The fraction of sp³-hybridized carbons (Fsp3) is 1.00. The number of nitrogens with zero attached hydrogens (tertiary/aromatic N) is 1. The topological polar surface area (TPSA) is 15.3 Å². The third kappa shape index (κ3) is 10.5. The van der Waals surface area contributed by atoms with Crippen LogP contribution in [0.5, 0.6) is 0 Å². The molecule has 1 atom stereocenters. The molecule has 0 heterocycles. The fourth-order valence-corrected chi connectivity index (χ4v) is 2.79. The van der Waals surface area contributed by atoms with E-state index < -0.39 is 0 Å². The van der Waals surface area contributed by atoms with E-state index in [0.29, 0.717) is 5.37 Å². The Morgan fingerprint density at radius 3 is 2.46 bits per heavy atom. The van der Waals surface area contributed by atoms with Gasteiger partial charge in [0.25, 0.3) is 0 Å². The first-order valence-electron chi connectivity index (χ1n) is 4.68. The Morgan fingerprint density at radius 2 is 1.92 bits per heavy atom. The van der Waals surface area contributed by atoms with Crippen molar-refractivity contribution in [3.8, 4) is 0 Å². The van der Waals surface area contributed by atoms with Crippen LogP contribution in [0.4, 0.5) is 0 Å². The second-order valence-electron chi connectivity index (χ2n) is 3.22. The van der Waals surface area contributed by atoms with E-state index >= 15 is 0 Å². The van der Waals surface area contributed by atoms with Gasteiger partial charge in [0.15, 0.2) is 0 Å². The van der Waals surface area contributed by atoms with Crippen LogP contribution < -0.4 is 5.32 Å². The smallest absolute Gasteiger partial charge is 0.0501 e. The third-order valence-corrected chi connectivity index (χ3v) is 4.08. The van der Waals surface area contributed by atoms with Crippen LogP contribution in [-0.2, 0) is 0 Å². The van der Waals surface area contributed by atoms with E-state index in [0.717, 1.165) is 0 Å². The van der Waals surface area contributed by atoms with E-state index in [9.17, 15) is 0 Å². The molecular formula is C9H22N2S2. The van der Waals surface area contributed by atoms with Crippen molar-refractivity contribution in [3.63, 3.8) is 0 Å². The van der Waals surface area contributed by atoms with Gasteiger partial charge in [0.2, 0.25) is 0 Å². The molecule has 1 N–H and O–H groups in total. The maximum atomic E-state index is 3.22. The highest BCUT2D eigenvalue weighted by atomic mass is 32.2. The average molecular weight is 222 g/mol. The first-order chi connectivity index (χ1) is 6.16. The van der Waals surface area contributed by atoms with Crippen LogP contribution >= 0.6 is 23.5 Å². The molecule has 2 nitrogen and oxygen atoms in total. The number of thioether (sulfide) groups is 2. The van der Waals surface area contributed by atoms with E-state index in [2.05, 4.69) is 31.2 Å². The van der Waals surface area contributed by atoms with Gasteiger partial charge in [0, 0.05) is 23.8 Å². The molecule has 4 heteroatoms. The monoisotopic (exact) mass is 222 g/mol. The SMILES string of the molecule is CNC(C)SCCSCCN(C)C. The van der Waals surface area contributed by atoms with Crippen molar-refractivity contribution in [3.05, 3.63) is 0 Å². The van der Waals surface area contributed by atoms with Crippen LogP contribution in [0.3, 0.4) is 0 Å². The Morgan fingerprint density at radius 1 is 1.23 bits per heavy atom. The zero-order chi connectivity index (χ0) is 10.1. The minimum absolute atomic E-state index is 0.592. The summed E-state index contributed by atoms with van der Waals surface area (Å²) >= 11 is 4.03. The molecule has 0 aromatic heterocycles. The summed E-state index contributed by atoms with van der Waals surface area (Å²) in [6.07, 6.45) is 0. The molecule has 0 rings (SSSR count). The Balaban J connectivity index is 2.99. The maximum absolute atomic E-state index is 3.22. The third-order valence-electron chi connectivity index (χ3n) is 1.68. The molecule has 0 radical (unpaired) electrons. The molecule has 1 unspecified atom stereocenters. The molecular weight excluding hydrogens is 200 g/mol. The average Bonchev–Trinajstić information content (AvgIpc) is 2.10. The molecule has 0 fully saturated rings. The Bertz CT molecular complexity index is 110. The lowest BCUT2D eigenvalue weighted by molar-refractivity contribution is 0.437. The summed E-state index contributed by atoms with van der Waals surface area (Å²) in [6.45, 7) is 3.39. The van der Waals surface area contributed by atoms with Crippen molar-refractivity contribution in [1.29, 1.82) is 0 Å². The van der Waals surface area contributed by atoms with Gasteiger partial charge >= 0.3 is 0 Å². The van der Waals surface area contributed by atoms with E-state index in [-0.39, 0.29) is 0 Å². The first-order valence-corrected chi connectivity index (χ1v) is 6.88. The van der Waals surface area contributed by atoms with Crippen LogP contribution in [-0.4, -0.2) is 55.2 Å². The summed E-state index contributed by atoms with van der Waals surface area (Å²) in [4.78, 5) is 2.23. The summed E-state index contributed by atoms with van der Waals surface area (Å²) < 4.78 is 0. The summed E-state index contributed by atoms with van der Waals surface area (Å²) in [6, 6.07) is 0. The lowest BCUT2D eigenvalue weighted by Crippen LogP contribution is -2.18. The molecule has 0 spiro atoms. The van der Waals surface area contributed by atoms with Crippen molar-refractivity contribution in [2.75, 3.05) is 44.9 Å². The van der Waals surface area contributed by atoms with E-state index in [1.54, 1.807) is 0 Å². The van der Waals surface area contributed by atoms with Gasteiger partial charge in [-0.3, -0.25) is 0 Å². The lowest BCUT2D eigenvalue weighted by atomic mass is 10.7. The minimum atomic E-state index is 0.592. The molecule has 80 valence electrons. The molecule has 13 heavy (non-hydrogen) atoms. The molecule has 0 aliphatic carbocycles. The van der Waals surface area contributed by atoms with Gasteiger partial charge in [-0.1, -0.05) is 0 Å². The Kier molecular flexibility index (Phi) is 9.62. The second kappa shape index (κ2) is 9.19. The first kappa shape index (κ1) is 13.6. The Hall–Kier alpha value is 0.620. The van der Waals surface area contributed by atoms with Crippen LogP contribution in [0.25, 0.3) is 0 Å². The van der Waals surface area contributed by atoms with Gasteiger partial charge in [0.1, 0.15) is 0 Å². The fourth-order valence-electron chi connectivity index (χ4n) is 0.716. The highest BCUT2D eigenvalue weighted by molar-refractivity contribution is 8.03. The van der Waals surface area contributed by atoms with Crippen LogP contribution in [0, 0.1) is 0 Å². The summed E-state index contributed by atoms with van der Waals surface area (Å²) in [5, 5.41) is 3.81. The summed E-state index contributed by atoms with van der Waals surface area (Å²) in [7, 11) is 6.26. The molecule has 0 saturated carbocycles. The van der Waals surface area contributed by atoms with Gasteiger partial charge in [-0.25, -0.2) is 0 Å². The van der Waals surface area contributed by atoms with Gasteiger partial charge < -0.3 is 10.2 Å². The zero-order valence-corrected chi connectivity index (χ0v) is 10.8. The van der Waals surface area contributed by atoms with E-state index in [1.165, 1.54) is 23.8 Å². The Labute approximate surface area is 91.2 Å². The van der Waals surface area contributed by atoms with Crippen LogP contribution in [0.2, 0.25) is 0 Å². The van der Waals surface area contributed by atoms with E-state index in [1.807, 2.05) is 30.6 Å². The molecule has 0 amide bonds. The largest absolute Gasteiger partial charge is 0.309 e. The number of rotatable bonds is 8. The van der Waals surface area contributed by atoms with Gasteiger partial charge in [0.05, 0.1) is 5.37 Å². The predicted molar refractivity (Wildman–Crippen MR) is 66.9 cm³/mol. The second-order valence-corrected chi connectivity index (χ2v) is 5.89. The maximum Gasteiger partial charge on any atom is 0.0501 e. The number of hydrogen-bond donors (Lipinski definition) is 1. The molecule has 0 bridgehead atoms. The number of hydrogen-bond acceptors (Lipinski definition) is 4. The van der Waals surface area contributed by atoms with Crippen molar-refractivity contribution in [2.24, 2.45) is 0 Å². The molecule has 0 aromatic carbocycles. The molecule has 0 aliphatic rings. The summed E-state index contributed by atoms with van der Waals surface area (Å²) in [5.41, 5.74) is 0. The van der Waals surface area contributed by atoms with Gasteiger partial charge in [-0.2, -0.15) is 11.8 Å². The van der Waals surface area contributed by atoms with Crippen molar-refractivity contribution < 1.29 is 0 Å². The van der Waals surface area contributed by atoms with Crippen LogP contribution in [0.1, 0.15) is 6.92 Å². The predicted octanol–water partition coefficient (Wildman–Crippen LogP) is 1.58. The highest BCUT2D eigenvalue weighted by Gasteiger charge is 1.97. The van der Waals surface area contributed by atoms with Crippen LogP contribution in [0.15, 0.2) is 0 Å². The van der Waals surface area contributed by atoms with Crippen molar-refractivity contribution in [1.82, 2.24) is 10.2 Å². The van der Waals surface area contributed by atoms with E-state index in [4.69, 9.17) is 0 Å². The molecule has 0 aliphatic heterocycles.